The van der Waals surface area contributed by atoms with Crippen LogP contribution in [0.5, 0.6) is 0 Å². The van der Waals surface area contributed by atoms with E-state index in [-0.39, 0.29) is 6.10 Å². The third-order valence-electron chi connectivity index (χ3n) is 2.83. The molecule has 4 nitrogen and oxygen atoms in total. The molecule has 0 radical (unpaired) electrons. The van der Waals surface area contributed by atoms with Gasteiger partial charge in [0.05, 0.1) is 12.7 Å². The molecule has 1 saturated heterocycles. The van der Waals surface area contributed by atoms with E-state index < -0.39 is 0 Å². The van der Waals surface area contributed by atoms with Gasteiger partial charge in [-0.1, -0.05) is 13.8 Å². The minimum Gasteiger partial charge on any atom is -0.389 e. The summed E-state index contributed by atoms with van der Waals surface area (Å²) in [4.78, 5) is 2.28. The molecular weight excluding hydrogens is 204 g/mol. The van der Waals surface area contributed by atoms with Crippen LogP contribution in [-0.4, -0.2) is 62.0 Å². The largest absolute Gasteiger partial charge is 0.389 e. The van der Waals surface area contributed by atoms with Gasteiger partial charge in [-0.2, -0.15) is 0 Å². The van der Waals surface area contributed by atoms with Gasteiger partial charge in [0.2, 0.25) is 0 Å². The van der Waals surface area contributed by atoms with Crippen molar-refractivity contribution < 1.29 is 9.84 Å². The molecule has 16 heavy (non-hydrogen) atoms. The van der Waals surface area contributed by atoms with Crippen molar-refractivity contribution in [3.63, 3.8) is 0 Å². The third kappa shape index (κ3) is 6.43. The second kappa shape index (κ2) is 8.01. The van der Waals surface area contributed by atoms with Crippen molar-refractivity contribution in [2.45, 2.75) is 26.4 Å². The molecule has 1 aliphatic rings. The predicted molar refractivity (Wildman–Crippen MR) is 65.6 cm³/mol. The van der Waals surface area contributed by atoms with Crippen molar-refractivity contribution in [3.05, 3.63) is 0 Å². The van der Waals surface area contributed by atoms with E-state index in [1.807, 2.05) is 0 Å². The Morgan fingerprint density at radius 3 is 2.62 bits per heavy atom. The summed E-state index contributed by atoms with van der Waals surface area (Å²) in [7, 11) is 0. The zero-order valence-electron chi connectivity index (χ0n) is 10.6. The maximum atomic E-state index is 9.78. The standard InChI is InChI=1S/C12H26N2O2/c1-11(2)3-8-16-10-12(15)9-14-6-4-13-5-7-14/h11-13,15H,3-10H2,1-2H3. The molecule has 96 valence electrons. The van der Waals surface area contributed by atoms with Crippen LogP contribution in [0.4, 0.5) is 0 Å². The Labute approximate surface area is 99.0 Å². The number of rotatable bonds is 7. The van der Waals surface area contributed by atoms with Crippen LogP contribution >= 0.6 is 0 Å². The number of β-amino-alcohol motifs (C(OH)–C–C–N with tert-alkyl or cyclic N) is 1. The summed E-state index contributed by atoms with van der Waals surface area (Å²) >= 11 is 0. The fourth-order valence-electron chi connectivity index (χ4n) is 1.78. The Morgan fingerprint density at radius 2 is 2.00 bits per heavy atom. The van der Waals surface area contributed by atoms with Gasteiger partial charge >= 0.3 is 0 Å². The van der Waals surface area contributed by atoms with Crippen molar-refractivity contribution in [1.82, 2.24) is 10.2 Å². The second-order valence-corrected chi connectivity index (χ2v) is 4.96. The number of hydrogen-bond donors (Lipinski definition) is 2. The third-order valence-corrected chi connectivity index (χ3v) is 2.83. The molecule has 1 atom stereocenters. The quantitative estimate of drug-likeness (QED) is 0.618. The van der Waals surface area contributed by atoms with Crippen molar-refractivity contribution in [2.24, 2.45) is 5.92 Å². The normalized spacial score (nSPS) is 20.2. The zero-order valence-corrected chi connectivity index (χ0v) is 10.6. The van der Waals surface area contributed by atoms with Crippen molar-refractivity contribution in [1.29, 1.82) is 0 Å². The lowest BCUT2D eigenvalue weighted by molar-refractivity contribution is 0.0118. The number of piperazine rings is 1. The highest BCUT2D eigenvalue weighted by Crippen LogP contribution is 2.00. The van der Waals surface area contributed by atoms with Gasteiger partial charge in [-0.3, -0.25) is 4.90 Å². The highest BCUT2D eigenvalue weighted by Gasteiger charge is 2.14. The smallest absolute Gasteiger partial charge is 0.0900 e. The van der Waals surface area contributed by atoms with Crippen molar-refractivity contribution in [2.75, 3.05) is 45.9 Å². The van der Waals surface area contributed by atoms with Crippen LogP contribution < -0.4 is 5.32 Å². The number of nitrogens with zero attached hydrogens (tertiary/aromatic N) is 1. The van der Waals surface area contributed by atoms with Crippen molar-refractivity contribution >= 4 is 0 Å². The van der Waals surface area contributed by atoms with Crippen LogP contribution in [0.25, 0.3) is 0 Å². The molecule has 0 aromatic heterocycles. The maximum Gasteiger partial charge on any atom is 0.0900 e. The fraction of sp³-hybridized carbons (Fsp3) is 1.00. The van der Waals surface area contributed by atoms with Gasteiger partial charge in [0, 0.05) is 39.3 Å². The van der Waals surface area contributed by atoms with Gasteiger partial charge in [-0.05, 0) is 12.3 Å². The van der Waals surface area contributed by atoms with E-state index in [0.717, 1.165) is 45.8 Å². The summed E-state index contributed by atoms with van der Waals surface area (Å²) < 4.78 is 5.46. The molecule has 0 bridgehead atoms. The molecule has 0 amide bonds. The monoisotopic (exact) mass is 230 g/mol. The Bertz CT molecular complexity index is 170. The molecule has 2 N–H and O–H groups in total. The minimum absolute atomic E-state index is 0.342. The first-order chi connectivity index (χ1) is 7.68. The summed E-state index contributed by atoms with van der Waals surface area (Å²) in [5.41, 5.74) is 0. The molecule has 1 fully saturated rings. The van der Waals surface area contributed by atoms with Crippen LogP contribution in [0.2, 0.25) is 0 Å². The summed E-state index contributed by atoms with van der Waals surface area (Å²) in [6.07, 6.45) is 0.727. The van der Waals surface area contributed by atoms with E-state index in [2.05, 4.69) is 24.1 Å². The zero-order chi connectivity index (χ0) is 11.8. The van der Waals surface area contributed by atoms with Crippen LogP contribution in [-0.2, 0) is 4.74 Å². The molecule has 0 aliphatic carbocycles. The summed E-state index contributed by atoms with van der Waals surface area (Å²) in [6.45, 7) is 10.4. The van der Waals surface area contributed by atoms with Crippen LogP contribution in [0.15, 0.2) is 0 Å². The van der Waals surface area contributed by atoms with E-state index in [9.17, 15) is 5.11 Å². The summed E-state index contributed by atoms with van der Waals surface area (Å²) in [6, 6.07) is 0. The maximum absolute atomic E-state index is 9.78. The molecule has 4 heteroatoms. The van der Waals surface area contributed by atoms with E-state index >= 15 is 0 Å². The number of aliphatic hydroxyl groups excluding tert-OH is 1. The van der Waals surface area contributed by atoms with E-state index in [0.29, 0.717) is 12.5 Å². The van der Waals surface area contributed by atoms with Gasteiger partial charge < -0.3 is 15.2 Å². The first kappa shape index (κ1) is 13.9. The lowest BCUT2D eigenvalue weighted by Gasteiger charge is -2.29. The molecule has 0 aromatic carbocycles. The summed E-state index contributed by atoms with van der Waals surface area (Å²) in [5, 5.41) is 13.1. The summed E-state index contributed by atoms with van der Waals surface area (Å²) in [5.74, 6) is 0.672. The number of aliphatic hydroxyl groups is 1. The van der Waals surface area contributed by atoms with Crippen LogP contribution in [0.3, 0.4) is 0 Å². The highest BCUT2D eigenvalue weighted by atomic mass is 16.5. The molecule has 1 heterocycles. The lowest BCUT2D eigenvalue weighted by atomic mass is 10.1. The Kier molecular flexibility index (Phi) is 6.96. The molecule has 0 aromatic rings. The SMILES string of the molecule is CC(C)CCOCC(O)CN1CCNCC1. The van der Waals surface area contributed by atoms with E-state index in [4.69, 9.17) is 4.74 Å². The number of nitrogens with one attached hydrogen (secondary N) is 1. The minimum atomic E-state index is -0.342. The average molecular weight is 230 g/mol. The van der Waals surface area contributed by atoms with Gasteiger partial charge in [-0.15, -0.1) is 0 Å². The van der Waals surface area contributed by atoms with Gasteiger partial charge in [-0.25, -0.2) is 0 Å². The first-order valence-electron chi connectivity index (χ1n) is 6.37. The molecule has 1 rings (SSSR count). The second-order valence-electron chi connectivity index (χ2n) is 4.96. The van der Waals surface area contributed by atoms with Crippen LogP contribution in [0, 0.1) is 5.92 Å². The Balaban J connectivity index is 1.99. The predicted octanol–water partition coefficient (Wildman–Crippen LogP) is 0.315. The molecule has 0 saturated carbocycles. The molecular formula is C12H26N2O2. The van der Waals surface area contributed by atoms with Gasteiger partial charge in [0.15, 0.2) is 0 Å². The van der Waals surface area contributed by atoms with E-state index in [1.54, 1.807) is 0 Å². The Hall–Kier alpha value is -0.160. The van der Waals surface area contributed by atoms with E-state index in [1.165, 1.54) is 0 Å². The fourth-order valence-corrected chi connectivity index (χ4v) is 1.78. The molecule has 1 unspecified atom stereocenters. The molecule has 0 spiro atoms. The van der Waals surface area contributed by atoms with Crippen LogP contribution in [0.1, 0.15) is 20.3 Å². The number of ether oxygens (including phenoxy) is 1. The molecule has 1 aliphatic heterocycles. The highest BCUT2D eigenvalue weighted by molar-refractivity contribution is 4.70. The topological polar surface area (TPSA) is 44.7 Å². The van der Waals surface area contributed by atoms with Gasteiger partial charge in [0.25, 0.3) is 0 Å². The number of hydrogen-bond acceptors (Lipinski definition) is 4. The van der Waals surface area contributed by atoms with Gasteiger partial charge in [0.1, 0.15) is 0 Å². The first-order valence-corrected chi connectivity index (χ1v) is 6.37. The van der Waals surface area contributed by atoms with Crippen molar-refractivity contribution in [3.8, 4) is 0 Å². The Morgan fingerprint density at radius 1 is 1.31 bits per heavy atom. The lowest BCUT2D eigenvalue weighted by Crippen LogP contribution is -2.47. The average Bonchev–Trinajstić information content (AvgIpc) is 2.25.